The minimum absolute atomic E-state index is 0.380. The third-order valence-electron chi connectivity index (χ3n) is 2.25. The van der Waals surface area contributed by atoms with Gasteiger partial charge in [-0.2, -0.15) is 0 Å². The Kier molecular flexibility index (Phi) is 4.25. The van der Waals surface area contributed by atoms with Crippen molar-refractivity contribution in [3.05, 3.63) is 0 Å². The van der Waals surface area contributed by atoms with E-state index in [0.29, 0.717) is 0 Å². The summed E-state index contributed by atoms with van der Waals surface area (Å²) in [6, 6.07) is 0. The lowest BCUT2D eigenvalue weighted by Crippen LogP contribution is -2.36. The second-order valence-electron chi connectivity index (χ2n) is 3.32. The molecule has 0 aliphatic carbocycles. The quantitative estimate of drug-likeness (QED) is 0.557. The average Bonchev–Trinajstić information content (AvgIpc) is 2.39. The van der Waals surface area contributed by atoms with Crippen LogP contribution in [0.15, 0.2) is 0 Å². The highest BCUT2D eigenvalue weighted by Crippen LogP contribution is 2.42. The van der Waals surface area contributed by atoms with Crippen molar-refractivity contribution in [3.8, 4) is 0 Å². The molecule has 0 aromatic heterocycles. The van der Waals surface area contributed by atoms with Crippen LogP contribution in [0.5, 0.6) is 0 Å². The first kappa shape index (κ1) is 13.1. The lowest BCUT2D eigenvalue weighted by molar-refractivity contribution is -0.0171. The summed E-state index contributed by atoms with van der Waals surface area (Å²) in [4.78, 5) is 17.4. The molecule has 15 heavy (non-hydrogen) atoms. The Morgan fingerprint density at radius 1 is 1.40 bits per heavy atom. The standard InChI is InChI=1S/C7H15O7P/c1-4-6(12-2)7(5(3-8)13-4)14-15(9,10)11/h4-8H,3H2,1-2H3,(H2,9,10,11)/t4-,5+,6+,7?/m0/s1. The average molecular weight is 242 g/mol. The summed E-state index contributed by atoms with van der Waals surface area (Å²) in [5.41, 5.74) is 0. The second kappa shape index (κ2) is 4.88. The highest BCUT2D eigenvalue weighted by atomic mass is 31.2. The summed E-state index contributed by atoms with van der Waals surface area (Å²) in [5.74, 6) is 0. The number of hydrogen-bond acceptors (Lipinski definition) is 5. The van der Waals surface area contributed by atoms with Gasteiger partial charge in [0.15, 0.2) is 0 Å². The van der Waals surface area contributed by atoms with Crippen LogP contribution in [0.4, 0.5) is 0 Å². The van der Waals surface area contributed by atoms with Crippen molar-refractivity contribution in [2.24, 2.45) is 0 Å². The molecule has 8 heteroatoms. The van der Waals surface area contributed by atoms with Gasteiger partial charge in [-0.15, -0.1) is 0 Å². The molecule has 3 N–H and O–H groups in total. The molecule has 0 aromatic carbocycles. The summed E-state index contributed by atoms with van der Waals surface area (Å²) < 4.78 is 25.5. The van der Waals surface area contributed by atoms with E-state index in [2.05, 4.69) is 4.52 Å². The zero-order chi connectivity index (χ0) is 11.6. The van der Waals surface area contributed by atoms with Gasteiger partial charge in [0.1, 0.15) is 18.3 Å². The van der Waals surface area contributed by atoms with Gasteiger partial charge in [0.2, 0.25) is 0 Å². The first-order valence-corrected chi connectivity index (χ1v) is 5.95. The van der Waals surface area contributed by atoms with Crippen molar-refractivity contribution in [3.63, 3.8) is 0 Å². The predicted molar refractivity (Wildman–Crippen MR) is 49.1 cm³/mol. The first-order valence-electron chi connectivity index (χ1n) is 4.42. The Labute approximate surface area is 87.2 Å². The monoisotopic (exact) mass is 242 g/mol. The summed E-state index contributed by atoms with van der Waals surface area (Å²) in [6.45, 7) is 1.30. The lowest BCUT2D eigenvalue weighted by atomic mass is 10.1. The number of aliphatic hydroxyl groups is 1. The van der Waals surface area contributed by atoms with Gasteiger partial charge < -0.3 is 24.4 Å². The largest absolute Gasteiger partial charge is 0.470 e. The van der Waals surface area contributed by atoms with E-state index in [-0.39, 0.29) is 12.7 Å². The molecule has 1 fully saturated rings. The maximum Gasteiger partial charge on any atom is 0.470 e. The zero-order valence-corrected chi connectivity index (χ0v) is 9.33. The molecule has 1 rings (SSSR count). The van der Waals surface area contributed by atoms with Gasteiger partial charge in [-0.1, -0.05) is 0 Å². The molecule has 0 radical (unpaired) electrons. The van der Waals surface area contributed by atoms with E-state index in [0.717, 1.165) is 0 Å². The van der Waals surface area contributed by atoms with E-state index < -0.39 is 26.1 Å². The van der Waals surface area contributed by atoms with Gasteiger partial charge >= 0.3 is 7.82 Å². The molecule has 0 saturated carbocycles. The lowest BCUT2D eigenvalue weighted by Gasteiger charge is -2.21. The fourth-order valence-corrected chi connectivity index (χ4v) is 2.24. The summed E-state index contributed by atoms with van der Waals surface area (Å²) in [6.07, 6.45) is -2.73. The number of rotatable bonds is 4. The number of phosphoric ester groups is 1. The van der Waals surface area contributed by atoms with Crippen molar-refractivity contribution in [2.75, 3.05) is 13.7 Å². The van der Waals surface area contributed by atoms with Crippen molar-refractivity contribution in [1.29, 1.82) is 0 Å². The van der Waals surface area contributed by atoms with E-state index in [4.69, 9.17) is 24.4 Å². The van der Waals surface area contributed by atoms with Crippen molar-refractivity contribution < 1.29 is 33.5 Å². The fraction of sp³-hybridized carbons (Fsp3) is 1.00. The van der Waals surface area contributed by atoms with E-state index in [1.165, 1.54) is 7.11 Å². The molecular weight excluding hydrogens is 227 g/mol. The maximum atomic E-state index is 10.7. The molecule has 1 aliphatic heterocycles. The Morgan fingerprint density at radius 2 is 2.00 bits per heavy atom. The van der Waals surface area contributed by atoms with Crippen LogP contribution in [0.25, 0.3) is 0 Å². The van der Waals surface area contributed by atoms with Crippen LogP contribution < -0.4 is 0 Å². The van der Waals surface area contributed by atoms with Crippen molar-refractivity contribution in [1.82, 2.24) is 0 Å². The summed E-state index contributed by atoms with van der Waals surface area (Å²) in [5, 5.41) is 8.95. The van der Waals surface area contributed by atoms with Gasteiger partial charge in [-0.3, -0.25) is 4.52 Å². The molecule has 0 amide bonds. The molecular formula is C7H15O7P. The van der Waals surface area contributed by atoms with E-state index >= 15 is 0 Å². The van der Waals surface area contributed by atoms with E-state index in [1.807, 2.05) is 0 Å². The van der Waals surface area contributed by atoms with E-state index in [9.17, 15) is 4.57 Å². The number of aliphatic hydroxyl groups excluding tert-OH is 1. The van der Waals surface area contributed by atoms with Crippen LogP contribution >= 0.6 is 7.82 Å². The minimum Gasteiger partial charge on any atom is -0.394 e. The van der Waals surface area contributed by atoms with Crippen LogP contribution in [0, 0.1) is 0 Å². The molecule has 0 aromatic rings. The van der Waals surface area contributed by atoms with E-state index in [1.54, 1.807) is 6.92 Å². The van der Waals surface area contributed by atoms with Crippen molar-refractivity contribution >= 4 is 7.82 Å². The van der Waals surface area contributed by atoms with Gasteiger partial charge in [0, 0.05) is 7.11 Å². The molecule has 1 aliphatic rings. The first-order chi connectivity index (χ1) is 6.89. The Balaban J connectivity index is 2.76. The second-order valence-corrected chi connectivity index (χ2v) is 4.52. The third kappa shape index (κ3) is 3.22. The molecule has 4 atom stereocenters. The van der Waals surface area contributed by atoms with Gasteiger partial charge in [0.05, 0.1) is 12.7 Å². The number of phosphoric acid groups is 1. The number of hydrogen-bond donors (Lipinski definition) is 3. The SMILES string of the molecule is CO[C@H]1C(OP(=O)(O)O)[C@@H](CO)O[C@H]1C. The third-order valence-corrected chi connectivity index (χ3v) is 2.77. The highest BCUT2D eigenvalue weighted by Gasteiger charge is 2.46. The molecule has 0 bridgehead atoms. The van der Waals surface area contributed by atoms with Crippen LogP contribution in [-0.2, 0) is 18.6 Å². The molecule has 90 valence electrons. The molecule has 1 saturated heterocycles. The van der Waals surface area contributed by atoms with Crippen molar-refractivity contribution in [2.45, 2.75) is 31.3 Å². The molecule has 0 spiro atoms. The molecule has 7 nitrogen and oxygen atoms in total. The van der Waals surface area contributed by atoms with Gasteiger partial charge in [0.25, 0.3) is 0 Å². The Morgan fingerprint density at radius 3 is 2.40 bits per heavy atom. The summed E-state index contributed by atoms with van der Waals surface area (Å²) in [7, 11) is -3.22. The van der Waals surface area contributed by atoms with Gasteiger partial charge in [-0.05, 0) is 6.92 Å². The predicted octanol–water partition coefficient (Wildman–Crippen LogP) is -0.741. The maximum absolute atomic E-state index is 10.7. The normalized spacial score (nSPS) is 37.1. The minimum atomic E-state index is -4.61. The molecule has 1 heterocycles. The Hall–Kier alpha value is -0.0100. The van der Waals surface area contributed by atoms with Crippen LogP contribution in [0.1, 0.15) is 6.92 Å². The molecule has 1 unspecified atom stereocenters. The summed E-state index contributed by atoms with van der Waals surface area (Å²) >= 11 is 0. The highest BCUT2D eigenvalue weighted by molar-refractivity contribution is 7.46. The topological polar surface area (TPSA) is 105 Å². The number of ether oxygens (including phenoxy) is 2. The van der Waals surface area contributed by atoms with Crippen LogP contribution in [-0.4, -0.2) is 53.0 Å². The Bertz CT molecular complexity index is 252. The van der Waals surface area contributed by atoms with Gasteiger partial charge in [-0.25, -0.2) is 4.57 Å². The van der Waals surface area contributed by atoms with Crippen LogP contribution in [0.2, 0.25) is 0 Å². The smallest absolute Gasteiger partial charge is 0.394 e. The number of methoxy groups -OCH3 is 1. The van der Waals surface area contributed by atoms with Crippen LogP contribution in [0.3, 0.4) is 0 Å². The fourth-order valence-electron chi connectivity index (χ4n) is 1.67. The zero-order valence-electron chi connectivity index (χ0n) is 8.44.